The van der Waals surface area contributed by atoms with Crippen LogP contribution in [0.4, 0.5) is 0 Å². The molecule has 0 saturated carbocycles. The molecule has 0 radical (unpaired) electrons. The van der Waals surface area contributed by atoms with E-state index in [2.05, 4.69) is 15.1 Å². The highest BCUT2D eigenvalue weighted by atomic mass is 35.5. The van der Waals surface area contributed by atoms with Crippen LogP contribution in [0.5, 0.6) is 23.1 Å². The van der Waals surface area contributed by atoms with E-state index in [9.17, 15) is 0 Å². The van der Waals surface area contributed by atoms with Gasteiger partial charge in [-0.25, -0.2) is 14.5 Å². The molecule has 4 heterocycles. The van der Waals surface area contributed by atoms with Gasteiger partial charge < -0.3 is 18.9 Å². The molecule has 9 heteroatoms. The van der Waals surface area contributed by atoms with Crippen LogP contribution in [0.3, 0.4) is 0 Å². The van der Waals surface area contributed by atoms with Crippen molar-refractivity contribution < 1.29 is 18.9 Å². The number of ether oxygens (including phenoxy) is 4. The molecule has 0 aliphatic carbocycles. The van der Waals surface area contributed by atoms with E-state index in [-0.39, 0.29) is 6.10 Å². The standard InChI is InChI=1S/C23H21ClN4O4/c1-13-17(4-5-22(27-13)30-3)20-12-31-19-8-14(7-18(29-2)23(19)32-20)6-16-11-25-21-9-15(24)10-26-28(16)21/h4-5,7-11,20H,6,12H2,1-3H3. The molecule has 32 heavy (non-hydrogen) atoms. The third-order valence-electron chi connectivity index (χ3n) is 5.39. The molecule has 3 aromatic heterocycles. The molecule has 0 amide bonds. The van der Waals surface area contributed by atoms with Gasteiger partial charge in [0.15, 0.2) is 23.3 Å². The predicted octanol–water partition coefficient (Wildman–Crippen LogP) is 4.21. The van der Waals surface area contributed by atoms with Gasteiger partial charge in [0.05, 0.1) is 37.3 Å². The Morgan fingerprint density at radius 3 is 2.81 bits per heavy atom. The Bertz CT molecular complexity index is 1290. The van der Waals surface area contributed by atoms with Crippen LogP contribution in [0.2, 0.25) is 5.02 Å². The van der Waals surface area contributed by atoms with E-state index in [0.29, 0.717) is 46.8 Å². The minimum atomic E-state index is -0.298. The van der Waals surface area contributed by atoms with E-state index < -0.39 is 0 Å². The first-order valence-electron chi connectivity index (χ1n) is 10.1. The highest BCUT2D eigenvalue weighted by molar-refractivity contribution is 6.30. The Labute approximate surface area is 189 Å². The zero-order valence-electron chi connectivity index (χ0n) is 17.8. The number of benzene rings is 1. The maximum absolute atomic E-state index is 6.29. The number of fused-ring (bicyclic) bond motifs is 2. The van der Waals surface area contributed by atoms with E-state index in [1.807, 2.05) is 31.2 Å². The lowest BCUT2D eigenvalue weighted by molar-refractivity contribution is 0.0862. The first-order valence-corrected chi connectivity index (χ1v) is 10.4. The number of methoxy groups -OCH3 is 2. The Balaban J connectivity index is 1.44. The van der Waals surface area contributed by atoms with Crippen LogP contribution in [-0.4, -0.2) is 40.4 Å². The molecule has 5 rings (SSSR count). The molecule has 0 fully saturated rings. The van der Waals surface area contributed by atoms with Crippen molar-refractivity contribution in [3.8, 4) is 23.1 Å². The summed E-state index contributed by atoms with van der Waals surface area (Å²) in [5.74, 6) is 2.38. The summed E-state index contributed by atoms with van der Waals surface area (Å²) in [4.78, 5) is 8.82. The predicted molar refractivity (Wildman–Crippen MR) is 118 cm³/mol. The fourth-order valence-electron chi connectivity index (χ4n) is 3.84. The number of aryl methyl sites for hydroxylation is 1. The summed E-state index contributed by atoms with van der Waals surface area (Å²) in [6.07, 6.45) is 3.68. The Morgan fingerprint density at radius 1 is 1.16 bits per heavy atom. The number of aromatic nitrogens is 4. The van der Waals surface area contributed by atoms with Crippen LogP contribution in [0, 0.1) is 6.92 Å². The number of nitrogens with zero attached hydrogens (tertiary/aromatic N) is 4. The van der Waals surface area contributed by atoms with Crippen LogP contribution < -0.4 is 18.9 Å². The lowest BCUT2D eigenvalue weighted by Crippen LogP contribution is -2.23. The van der Waals surface area contributed by atoms with E-state index in [1.165, 1.54) is 0 Å². The van der Waals surface area contributed by atoms with Crippen LogP contribution in [0.1, 0.15) is 28.6 Å². The summed E-state index contributed by atoms with van der Waals surface area (Å²) >= 11 is 6.02. The zero-order valence-corrected chi connectivity index (χ0v) is 18.6. The van der Waals surface area contributed by atoms with Crippen LogP contribution >= 0.6 is 11.6 Å². The largest absolute Gasteiger partial charge is 0.493 e. The molecule has 0 bridgehead atoms. The molecular formula is C23H21ClN4O4. The summed E-state index contributed by atoms with van der Waals surface area (Å²) in [5, 5.41) is 4.90. The van der Waals surface area contributed by atoms with Gasteiger partial charge in [0.1, 0.15) is 6.61 Å². The summed E-state index contributed by atoms with van der Waals surface area (Å²) < 4.78 is 25.0. The summed E-state index contributed by atoms with van der Waals surface area (Å²) in [6, 6.07) is 9.45. The van der Waals surface area contributed by atoms with Gasteiger partial charge in [-0.1, -0.05) is 11.6 Å². The third-order valence-corrected chi connectivity index (χ3v) is 5.60. The molecule has 1 aliphatic heterocycles. The monoisotopic (exact) mass is 452 g/mol. The topological polar surface area (TPSA) is 80.0 Å². The first-order chi connectivity index (χ1) is 15.6. The van der Waals surface area contributed by atoms with E-state index >= 15 is 0 Å². The molecule has 1 aromatic carbocycles. The van der Waals surface area contributed by atoms with Gasteiger partial charge in [-0.15, -0.1) is 0 Å². The highest BCUT2D eigenvalue weighted by Gasteiger charge is 2.28. The van der Waals surface area contributed by atoms with Crippen molar-refractivity contribution in [2.24, 2.45) is 0 Å². The van der Waals surface area contributed by atoms with Gasteiger partial charge in [0, 0.05) is 29.8 Å². The van der Waals surface area contributed by atoms with Crippen molar-refractivity contribution >= 4 is 17.2 Å². The number of imidazole rings is 1. The molecule has 4 aromatic rings. The van der Waals surface area contributed by atoms with Crippen LogP contribution in [-0.2, 0) is 6.42 Å². The number of pyridine rings is 1. The van der Waals surface area contributed by atoms with Crippen molar-refractivity contribution in [3.63, 3.8) is 0 Å². The average Bonchev–Trinajstić information content (AvgIpc) is 3.19. The molecule has 0 spiro atoms. The molecule has 1 unspecified atom stereocenters. The average molecular weight is 453 g/mol. The summed E-state index contributed by atoms with van der Waals surface area (Å²) in [7, 11) is 3.21. The normalized spacial score (nSPS) is 15.1. The van der Waals surface area contributed by atoms with Crippen LogP contribution in [0.25, 0.3) is 5.65 Å². The van der Waals surface area contributed by atoms with Gasteiger partial charge >= 0.3 is 0 Å². The Kier molecular flexibility index (Phi) is 5.22. The summed E-state index contributed by atoms with van der Waals surface area (Å²) in [6.45, 7) is 2.29. The molecule has 0 N–H and O–H groups in total. The second kappa shape index (κ2) is 8.20. The molecule has 1 atom stereocenters. The van der Waals surface area contributed by atoms with Gasteiger partial charge in [-0.2, -0.15) is 5.10 Å². The maximum atomic E-state index is 6.29. The first kappa shape index (κ1) is 20.4. The smallest absolute Gasteiger partial charge is 0.213 e. The second-order valence-electron chi connectivity index (χ2n) is 7.44. The van der Waals surface area contributed by atoms with Crippen molar-refractivity contribution in [1.29, 1.82) is 0 Å². The van der Waals surface area contributed by atoms with Crippen molar-refractivity contribution in [2.45, 2.75) is 19.4 Å². The quantitative estimate of drug-likeness (QED) is 0.448. The fraction of sp³-hybridized carbons (Fsp3) is 0.261. The van der Waals surface area contributed by atoms with Crippen molar-refractivity contribution in [1.82, 2.24) is 19.6 Å². The van der Waals surface area contributed by atoms with Crippen molar-refractivity contribution in [3.05, 3.63) is 70.3 Å². The lowest BCUT2D eigenvalue weighted by Gasteiger charge is -2.29. The van der Waals surface area contributed by atoms with E-state index in [1.54, 1.807) is 37.2 Å². The minimum Gasteiger partial charge on any atom is -0.493 e. The van der Waals surface area contributed by atoms with Gasteiger partial charge in [-0.05, 0) is 30.7 Å². The van der Waals surface area contributed by atoms with E-state index in [0.717, 1.165) is 22.5 Å². The van der Waals surface area contributed by atoms with E-state index in [4.69, 9.17) is 30.5 Å². The zero-order chi connectivity index (χ0) is 22.2. The third kappa shape index (κ3) is 3.67. The molecule has 1 aliphatic rings. The Morgan fingerprint density at radius 2 is 2.03 bits per heavy atom. The van der Waals surface area contributed by atoms with Gasteiger partial charge in [0.25, 0.3) is 0 Å². The molecule has 8 nitrogen and oxygen atoms in total. The number of hydrogen-bond acceptors (Lipinski definition) is 7. The van der Waals surface area contributed by atoms with Crippen molar-refractivity contribution in [2.75, 3.05) is 20.8 Å². The van der Waals surface area contributed by atoms with Gasteiger partial charge in [0.2, 0.25) is 11.6 Å². The Hall–Kier alpha value is -3.52. The lowest BCUT2D eigenvalue weighted by atomic mass is 10.1. The highest BCUT2D eigenvalue weighted by Crippen LogP contribution is 2.45. The minimum absolute atomic E-state index is 0.298. The summed E-state index contributed by atoms with van der Waals surface area (Å²) in [5.41, 5.74) is 4.38. The SMILES string of the molecule is COc1ccc(C2COc3cc(Cc4cnc5cc(Cl)cnn45)cc(OC)c3O2)c(C)n1. The number of hydrogen-bond donors (Lipinski definition) is 0. The fourth-order valence-corrected chi connectivity index (χ4v) is 3.98. The second-order valence-corrected chi connectivity index (χ2v) is 7.88. The number of rotatable bonds is 5. The van der Waals surface area contributed by atoms with Crippen LogP contribution in [0.15, 0.2) is 42.7 Å². The molecule has 0 saturated heterocycles. The molecule has 164 valence electrons. The number of halogens is 1. The molecular weight excluding hydrogens is 432 g/mol. The maximum Gasteiger partial charge on any atom is 0.213 e. The van der Waals surface area contributed by atoms with Gasteiger partial charge in [-0.3, -0.25) is 0 Å².